The van der Waals surface area contributed by atoms with E-state index in [0.29, 0.717) is 26.6 Å². The number of hydrogen-bond donors (Lipinski definition) is 0. The third kappa shape index (κ3) is 4.70. The predicted octanol–water partition coefficient (Wildman–Crippen LogP) is 6.26. The molecular formula is C16H14Cl3NNbOS. The topological polar surface area (TPSA) is 12.5 Å². The number of halogens is 3. The van der Waals surface area contributed by atoms with Gasteiger partial charge in [0, 0.05) is 0 Å². The van der Waals surface area contributed by atoms with E-state index in [0.717, 1.165) is 12.2 Å². The molecule has 0 aliphatic heterocycles. The van der Waals surface area contributed by atoms with Crippen molar-refractivity contribution in [3.63, 3.8) is 0 Å². The van der Waals surface area contributed by atoms with Gasteiger partial charge in [0.2, 0.25) is 0 Å². The van der Waals surface area contributed by atoms with Crippen molar-refractivity contribution < 1.29 is 25.3 Å². The van der Waals surface area contributed by atoms with Crippen LogP contribution in [-0.4, -0.2) is 16.0 Å². The third-order valence-corrected chi connectivity index (χ3v) is 6.72. The number of rotatable bonds is 6. The molecule has 0 spiro atoms. The van der Waals surface area contributed by atoms with Gasteiger partial charge in [0.15, 0.2) is 0 Å². The van der Waals surface area contributed by atoms with Crippen LogP contribution >= 0.6 is 46.6 Å². The third-order valence-electron chi connectivity index (χ3n) is 3.09. The van der Waals surface area contributed by atoms with Gasteiger partial charge in [0.25, 0.3) is 0 Å². The van der Waals surface area contributed by atoms with Gasteiger partial charge in [-0.05, 0) is 0 Å². The van der Waals surface area contributed by atoms with Gasteiger partial charge in [-0.2, -0.15) is 0 Å². The normalized spacial score (nSPS) is 10.4. The molecule has 0 unspecified atom stereocenters. The van der Waals surface area contributed by atoms with Crippen molar-refractivity contribution in [1.29, 1.82) is 0 Å². The van der Waals surface area contributed by atoms with Crippen LogP contribution < -0.4 is 9.64 Å². The molecule has 0 N–H and O–H groups in total. The minimum atomic E-state index is 0.373. The molecule has 0 saturated heterocycles. The molecule has 2 nitrogen and oxygen atoms in total. The predicted molar refractivity (Wildman–Crippen MR) is 99.5 cm³/mol. The first-order chi connectivity index (χ1) is 11.0. The van der Waals surface area contributed by atoms with Crippen molar-refractivity contribution >= 4 is 55.4 Å². The summed E-state index contributed by atoms with van der Waals surface area (Å²) in [6.45, 7) is 2.99. The number of anilines is 1. The maximum absolute atomic E-state index is 6.38. The van der Waals surface area contributed by atoms with E-state index in [9.17, 15) is 0 Å². The number of benzene rings is 2. The fourth-order valence-electron chi connectivity index (χ4n) is 1.96. The molecule has 121 valence electrons. The molecule has 0 heterocycles. The summed E-state index contributed by atoms with van der Waals surface area (Å²) in [6.07, 6.45) is 2.07. The van der Waals surface area contributed by atoms with Crippen LogP contribution in [-0.2, 0) is 20.6 Å². The van der Waals surface area contributed by atoms with Crippen LogP contribution in [0.5, 0.6) is 11.5 Å². The zero-order valence-electron chi connectivity index (χ0n) is 12.5. The van der Waals surface area contributed by atoms with Crippen LogP contribution in [0.2, 0.25) is 15.1 Å². The van der Waals surface area contributed by atoms with E-state index in [-0.39, 0.29) is 0 Å². The molecule has 0 amide bonds. The Labute approximate surface area is 167 Å². The summed E-state index contributed by atoms with van der Waals surface area (Å²) in [6, 6.07) is 11.0. The Kier molecular flexibility index (Phi) is 7.36. The molecule has 0 radical (unpaired) electrons. The molecule has 0 aliphatic carbocycles. The van der Waals surface area contributed by atoms with Crippen LogP contribution in [0.1, 0.15) is 6.92 Å². The van der Waals surface area contributed by atoms with Gasteiger partial charge in [0.05, 0.1) is 0 Å². The van der Waals surface area contributed by atoms with Crippen LogP contribution in [0.3, 0.4) is 0 Å². The molecule has 0 aromatic heterocycles. The molecule has 0 saturated carbocycles. The van der Waals surface area contributed by atoms with Gasteiger partial charge >= 0.3 is 168 Å². The molecule has 2 aromatic rings. The molecule has 7 heteroatoms. The summed E-state index contributed by atoms with van der Waals surface area (Å²) in [7, 11) is 0. The van der Waals surface area contributed by atoms with Crippen LogP contribution in [0.4, 0.5) is 5.69 Å². The van der Waals surface area contributed by atoms with E-state index < -0.39 is 0 Å². The van der Waals surface area contributed by atoms with Crippen molar-refractivity contribution in [1.82, 2.24) is 0 Å². The average Bonchev–Trinajstić information content (AvgIpc) is 2.54. The SMILES string of the molecule is CCN([C](=[Nb])SC)c1ccc(Oc2cccc(Cl)c2Cl)c(Cl)c1. The Morgan fingerprint density at radius 3 is 2.48 bits per heavy atom. The standard InChI is InChI=1S/C16H14Cl3NOS.Nb/c1-3-20(10-22-2)11-7-8-14(13(18)9-11)21-15-6-4-5-12(17)16(15)19;/h4-9H,3H2,1-2H3;. The van der Waals surface area contributed by atoms with Crippen molar-refractivity contribution in [2.24, 2.45) is 0 Å². The van der Waals surface area contributed by atoms with E-state index in [4.69, 9.17) is 39.5 Å². The van der Waals surface area contributed by atoms with Gasteiger partial charge in [-0.1, -0.05) is 0 Å². The van der Waals surface area contributed by atoms with E-state index in [1.54, 1.807) is 50.6 Å². The van der Waals surface area contributed by atoms with Crippen molar-refractivity contribution in [2.45, 2.75) is 6.92 Å². The second-order valence-corrected chi connectivity index (χ2v) is 8.30. The summed E-state index contributed by atoms with van der Waals surface area (Å²) >= 11 is 21.9. The van der Waals surface area contributed by atoms with Crippen molar-refractivity contribution in [3.05, 3.63) is 51.5 Å². The molecule has 0 bridgehead atoms. The Morgan fingerprint density at radius 1 is 1.13 bits per heavy atom. The van der Waals surface area contributed by atoms with Gasteiger partial charge in [-0.15, -0.1) is 0 Å². The average molecular weight is 468 g/mol. The Bertz CT molecular complexity index is 726. The molecule has 0 fully saturated rings. The van der Waals surface area contributed by atoms with E-state index in [1.807, 2.05) is 18.2 Å². The molecule has 0 atom stereocenters. The summed E-state index contributed by atoms with van der Waals surface area (Å²) in [4.78, 5) is 2.21. The Morgan fingerprint density at radius 2 is 1.87 bits per heavy atom. The Balaban J connectivity index is 2.29. The van der Waals surface area contributed by atoms with Gasteiger partial charge in [0.1, 0.15) is 0 Å². The van der Waals surface area contributed by atoms with E-state index in [2.05, 4.69) is 18.1 Å². The van der Waals surface area contributed by atoms with Crippen LogP contribution in [0, 0.1) is 0 Å². The second kappa shape index (κ2) is 8.82. The van der Waals surface area contributed by atoms with Gasteiger partial charge < -0.3 is 0 Å². The monoisotopic (exact) mass is 466 g/mol. The second-order valence-electron chi connectivity index (χ2n) is 4.50. The number of hydrogen-bond acceptors (Lipinski definition) is 3. The summed E-state index contributed by atoms with van der Waals surface area (Å²) < 4.78 is 7.05. The number of nitrogens with zero attached hydrogens (tertiary/aromatic N) is 1. The van der Waals surface area contributed by atoms with Crippen molar-refractivity contribution in [2.75, 3.05) is 17.7 Å². The zero-order chi connectivity index (χ0) is 17.0. The number of thioether (sulfide) groups is 1. The van der Waals surface area contributed by atoms with E-state index >= 15 is 0 Å². The van der Waals surface area contributed by atoms with Crippen LogP contribution in [0.15, 0.2) is 36.4 Å². The minimum absolute atomic E-state index is 0.373. The Hall–Kier alpha value is -0.130. The molecule has 23 heavy (non-hydrogen) atoms. The fraction of sp³-hybridized carbons (Fsp3) is 0.188. The molecule has 2 aromatic carbocycles. The first-order valence-corrected chi connectivity index (χ1v) is 10.2. The molecular weight excluding hydrogens is 454 g/mol. The van der Waals surface area contributed by atoms with Gasteiger partial charge in [-0.3, -0.25) is 0 Å². The molecule has 2 rings (SSSR count). The zero-order valence-corrected chi connectivity index (χ0v) is 17.8. The van der Waals surface area contributed by atoms with E-state index in [1.165, 1.54) is 3.18 Å². The quantitative estimate of drug-likeness (QED) is 0.465. The number of ether oxygens (including phenoxy) is 1. The first-order valence-electron chi connectivity index (χ1n) is 6.76. The van der Waals surface area contributed by atoms with Crippen LogP contribution in [0.25, 0.3) is 0 Å². The summed E-state index contributed by atoms with van der Waals surface area (Å²) in [5.41, 5.74) is 1.03. The first kappa shape index (κ1) is 19.2. The fourth-order valence-corrected chi connectivity index (χ4v) is 3.59. The summed E-state index contributed by atoms with van der Waals surface area (Å²) in [5, 5.41) is 1.34. The van der Waals surface area contributed by atoms with Crippen molar-refractivity contribution in [3.8, 4) is 11.5 Å². The van der Waals surface area contributed by atoms with Gasteiger partial charge in [-0.25, -0.2) is 0 Å². The maximum atomic E-state index is 6.38. The summed E-state index contributed by atoms with van der Waals surface area (Å²) in [5.74, 6) is 1.03. The molecule has 0 aliphatic rings.